The minimum Gasteiger partial charge on any atom is -0.492 e. The summed E-state index contributed by atoms with van der Waals surface area (Å²) in [5.41, 5.74) is 14.8. The van der Waals surface area contributed by atoms with E-state index in [9.17, 15) is 0 Å². The first-order chi connectivity index (χ1) is 14.0. The normalized spacial score (nSPS) is 11.3. The molecule has 0 saturated carbocycles. The van der Waals surface area contributed by atoms with Gasteiger partial charge in [-0.15, -0.1) is 0 Å². The van der Waals surface area contributed by atoms with Gasteiger partial charge in [-0.3, -0.25) is 0 Å². The van der Waals surface area contributed by atoms with Gasteiger partial charge in [-0.2, -0.15) is 10.1 Å². The Morgan fingerprint density at radius 3 is 2.66 bits per heavy atom. The first kappa shape index (κ1) is 20.2. The van der Waals surface area contributed by atoms with E-state index in [1.807, 2.05) is 31.2 Å². The van der Waals surface area contributed by atoms with Crippen molar-refractivity contribution in [3.8, 4) is 17.0 Å². The highest BCUT2D eigenvalue weighted by atomic mass is 35.5. The first-order valence-corrected chi connectivity index (χ1v) is 9.26. The molecule has 0 amide bonds. The third-order valence-corrected chi connectivity index (χ3v) is 4.66. The average Bonchev–Trinajstić information content (AvgIpc) is 2.72. The second-order valence-electron chi connectivity index (χ2n) is 6.22. The van der Waals surface area contributed by atoms with E-state index in [1.54, 1.807) is 24.3 Å². The minimum atomic E-state index is 0.181. The summed E-state index contributed by atoms with van der Waals surface area (Å²) in [6.45, 7) is 2.89. The fraction of sp³-hybridized carbons (Fsp3) is 0.150. The molecule has 1 heterocycles. The number of hydrogen-bond donors (Lipinski definition) is 4. The van der Waals surface area contributed by atoms with E-state index in [-0.39, 0.29) is 11.8 Å². The van der Waals surface area contributed by atoms with Crippen molar-refractivity contribution < 1.29 is 4.74 Å². The maximum Gasteiger partial charge on any atom is 0.222 e. The van der Waals surface area contributed by atoms with Crippen LogP contribution in [-0.4, -0.2) is 29.0 Å². The van der Waals surface area contributed by atoms with E-state index in [1.165, 1.54) is 0 Å². The van der Waals surface area contributed by atoms with Crippen molar-refractivity contribution in [2.45, 2.75) is 6.92 Å². The lowest BCUT2D eigenvalue weighted by Crippen LogP contribution is -2.15. The number of nitrogens with one attached hydrogen (secondary N) is 1. The summed E-state index contributed by atoms with van der Waals surface area (Å²) in [6, 6.07) is 14.7. The fourth-order valence-corrected chi connectivity index (χ4v) is 2.90. The maximum atomic E-state index is 6.21. The van der Waals surface area contributed by atoms with E-state index in [2.05, 4.69) is 20.4 Å². The number of halogens is 1. The van der Waals surface area contributed by atoms with Crippen molar-refractivity contribution in [2.75, 3.05) is 24.2 Å². The predicted octanol–water partition coefficient (Wildman–Crippen LogP) is 2.76. The van der Waals surface area contributed by atoms with Gasteiger partial charge < -0.3 is 27.4 Å². The SMILES string of the molecule is Cc1c(Cl)cccc1-c1cc(NCCOc2ccc(/C(N)=N/N)cc2)nc(N)n1. The second-order valence-corrected chi connectivity index (χ2v) is 6.63. The van der Waals surface area contributed by atoms with Crippen molar-refractivity contribution in [3.05, 3.63) is 64.7 Å². The molecule has 3 rings (SSSR count). The topological polar surface area (TPSA) is 137 Å². The van der Waals surface area contributed by atoms with Crippen molar-refractivity contribution in [2.24, 2.45) is 16.7 Å². The summed E-state index contributed by atoms with van der Waals surface area (Å²) in [7, 11) is 0. The van der Waals surface area contributed by atoms with Gasteiger partial charge in [0, 0.05) is 22.2 Å². The molecule has 29 heavy (non-hydrogen) atoms. The first-order valence-electron chi connectivity index (χ1n) is 8.88. The number of hydrogen-bond acceptors (Lipinski definition) is 7. The summed E-state index contributed by atoms with van der Waals surface area (Å²) < 4.78 is 5.71. The monoisotopic (exact) mass is 411 g/mol. The quantitative estimate of drug-likeness (QED) is 0.154. The van der Waals surface area contributed by atoms with Gasteiger partial charge in [0.25, 0.3) is 0 Å². The van der Waals surface area contributed by atoms with Crippen LogP contribution in [-0.2, 0) is 0 Å². The van der Waals surface area contributed by atoms with Crippen molar-refractivity contribution in [1.29, 1.82) is 0 Å². The van der Waals surface area contributed by atoms with Crippen molar-refractivity contribution in [3.63, 3.8) is 0 Å². The molecule has 0 spiro atoms. The Bertz CT molecular complexity index is 1020. The van der Waals surface area contributed by atoms with Gasteiger partial charge in [0.1, 0.15) is 24.0 Å². The fourth-order valence-electron chi connectivity index (χ4n) is 2.72. The number of anilines is 2. The molecule has 1 aromatic heterocycles. The smallest absolute Gasteiger partial charge is 0.222 e. The highest BCUT2D eigenvalue weighted by Gasteiger charge is 2.09. The molecule has 7 N–H and O–H groups in total. The Morgan fingerprint density at radius 1 is 1.17 bits per heavy atom. The van der Waals surface area contributed by atoms with Crippen LogP contribution in [0.5, 0.6) is 5.75 Å². The number of benzene rings is 2. The number of nitrogen functional groups attached to an aromatic ring is 1. The average molecular weight is 412 g/mol. The molecule has 2 aromatic carbocycles. The Kier molecular flexibility index (Phi) is 6.36. The minimum absolute atomic E-state index is 0.181. The van der Waals surface area contributed by atoms with E-state index in [0.717, 1.165) is 16.7 Å². The number of amidine groups is 1. The summed E-state index contributed by atoms with van der Waals surface area (Å²) in [5, 5.41) is 7.33. The van der Waals surface area contributed by atoms with Crippen molar-refractivity contribution in [1.82, 2.24) is 9.97 Å². The van der Waals surface area contributed by atoms with E-state index >= 15 is 0 Å². The molecule has 3 aromatic rings. The van der Waals surface area contributed by atoms with Gasteiger partial charge in [-0.25, -0.2) is 4.98 Å². The number of nitrogens with zero attached hydrogens (tertiary/aromatic N) is 3. The van der Waals surface area contributed by atoms with Crippen LogP contribution in [0.1, 0.15) is 11.1 Å². The summed E-state index contributed by atoms with van der Waals surface area (Å²) in [4.78, 5) is 8.54. The third kappa shape index (κ3) is 5.05. The zero-order valence-corrected chi connectivity index (χ0v) is 16.6. The van der Waals surface area contributed by atoms with Gasteiger partial charge in [0.15, 0.2) is 0 Å². The number of nitrogens with two attached hydrogens (primary N) is 3. The van der Waals surface area contributed by atoms with Gasteiger partial charge in [0.05, 0.1) is 12.2 Å². The zero-order chi connectivity index (χ0) is 20.8. The Balaban J connectivity index is 1.61. The predicted molar refractivity (Wildman–Crippen MR) is 117 cm³/mol. The maximum absolute atomic E-state index is 6.21. The molecule has 0 radical (unpaired) electrons. The largest absolute Gasteiger partial charge is 0.492 e. The number of hydrazone groups is 1. The molecule has 0 fully saturated rings. The lowest BCUT2D eigenvalue weighted by atomic mass is 10.1. The van der Waals surface area contributed by atoms with Crippen LogP contribution >= 0.6 is 11.6 Å². The summed E-state index contributed by atoms with van der Waals surface area (Å²) >= 11 is 6.21. The number of aromatic nitrogens is 2. The number of rotatable bonds is 7. The van der Waals surface area contributed by atoms with Gasteiger partial charge in [0.2, 0.25) is 5.95 Å². The lowest BCUT2D eigenvalue weighted by molar-refractivity contribution is 0.332. The summed E-state index contributed by atoms with van der Waals surface area (Å²) in [5.74, 6) is 6.93. The zero-order valence-electron chi connectivity index (χ0n) is 15.9. The standard InChI is InChI=1S/C20H22ClN7O/c1-12-15(3-2-4-16(12)21)17-11-18(27-20(23)26-17)25-9-10-29-14-7-5-13(6-8-14)19(22)28-24/h2-8,11H,9-10,24H2,1H3,(H2,22,28)(H3,23,25,26,27). The molecular weight excluding hydrogens is 390 g/mol. The number of ether oxygens (including phenoxy) is 1. The Hall–Kier alpha value is -3.52. The molecule has 0 unspecified atom stereocenters. The molecule has 0 bridgehead atoms. The van der Waals surface area contributed by atoms with E-state index < -0.39 is 0 Å². The molecule has 8 nitrogen and oxygen atoms in total. The highest BCUT2D eigenvalue weighted by Crippen LogP contribution is 2.28. The van der Waals surface area contributed by atoms with Gasteiger partial charge in [-0.05, 0) is 42.8 Å². The van der Waals surface area contributed by atoms with E-state index in [0.29, 0.717) is 35.4 Å². The van der Waals surface area contributed by atoms with Crippen LogP contribution in [0.2, 0.25) is 5.02 Å². The van der Waals surface area contributed by atoms with E-state index in [4.69, 9.17) is 33.6 Å². The van der Waals surface area contributed by atoms with Crippen LogP contribution in [0.3, 0.4) is 0 Å². The van der Waals surface area contributed by atoms with Crippen LogP contribution in [0.15, 0.2) is 53.6 Å². The van der Waals surface area contributed by atoms with Gasteiger partial charge in [-0.1, -0.05) is 23.7 Å². The molecule has 0 aliphatic carbocycles. The molecule has 0 atom stereocenters. The van der Waals surface area contributed by atoms with Crippen molar-refractivity contribution >= 4 is 29.2 Å². The van der Waals surface area contributed by atoms with Gasteiger partial charge >= 0.3 is 0 Å². The Labute approximate surface area is 173 Å². The molecule has 150 valence electrons. The highest BCUT2D eigenvalue weighted by molar-refractivity contribution is 6.31. The molecule has 0 aliphatic heterocycles. The van der Waals surface area contributed by atoms with Crippen LogP contribution < -0.4 is 27.4 Å². The second kappa shape index (κ2) is 9.11. The molecule has 0 aliphatic rings. The molecule has 9 heteroatoms. The van der Waals surface area contributed by atoms with Crippen LogP contribution in [0.4, 0.5) is 11.8 Å². The third-order valence-electron chi connectivity index (χ3n) is 4.25. The molecular formula is C20H22ClN7O. The lowest BCUT2D eigenvalue weighted by Gasteiger charge is -2.11. The summed E-state index contributed by atoms with van der Waals surface area (Å²) in [6.07, 6.45) is 0. The Morgan fingerprint density at radius 2 is 1.93 bits per heavy atom. The van der Waals surface area contributed by atoms with Crippen LogP contribution in [0, 0.1) is 6.92 Å². The molecule has 0 saturated heterocycles. The van der Waals surface area contributed by atoms with Crippen LogP contribution in [0.25, 0.3) is 11.3 Å².